The second-order valence-electron chi connectivity index (χ2n) is 4.52. The van der Waals surface area contributed by atoms with Gasteiger partial charge in [-0.05, 0) is 23.8 Å². The molecule has 0 radical (unpaired) electrons. The Morgan fingerprint density at radius 2 is 2.10 bits per heavy atom. The van der Waals surface area contributed by atoms with Gasteiger partial charge in [0.05, 0.1) is 12.7 Å². The third-order valence-corrected chi connectivity index (χ3v) is 3.58. The van der Waals surface area contributed by atoms with E-state index in [1.54, 1.807) is 18.3 Å². The van der Waals surface area contributed by atoms with Gasteiger partial charge in [-0.1, -0.05) is 29.8 Å². The van der Waals surface area contributed by atoms with Gasteiger partial charge in [-0.3, -0.25) is 4.40 Å². The molecule has 0 aliphatic carbocycles. The molecule has 0 fully saturated rings. The van der Waals surface area contributed by atoms with E-state index in [4.69, 9.17) is 11.6 Å². The molecule has 0 aliphatic heterocycles. The van der Waals surface area contributed by atoms with E-state index in [1.165, 1.54) is 7.11 Å². The van der Waals surface area contributed by atoms with Crippen LogP contribution in [0.1, 0.15) is 21.7 Å². The van der Waals surface area contributed by atoms with Gasteiger partial charge in [0.1, 0.15) is 5.82 Å². The second-order valence-corrected chi connectivity index (χ2v) is 4.93. The van der Waals surface area contributed by atoms with Gasteiger partial charge < -0.3 is 4.74 Å². The molecule has 0 saturated heterocycles. The summed E-state index contributed by atoms with van der Waals surface area (Å²) >= 11 is 6.16. The molecule has 0 bridgehead atoms. The Morgan fingerprint density at radius 1 is 1.29 bits per heavy atom. The summed E-state index contributed by atoms with van der Waals surface area (Å²) in [6.07, 6.45) is 2.33. The van der Waals surface area contributed by atoms with Crippen LogP contribution < -0.4 is 0 Å². The van der Waals surface area contributed by atoms with E-state index >= 15 is 0 Å². The average Bonchev–Trinajstić information content (AvgIpc) is 2.91. The van der Waals surface area contributed by atoms with Crippen molar-refractivity contribution < 1.29 is 9.53 Å². The Balaban J connectivity index is 1.98. The van der Waals surface area contributed by atoms with Crippen molar-refractivity contribution in [1.29, 1.82) is 0 Å². The number of nitrogens with zero attached hydrogens (tertiary/aromatic N) is 3. The van der Waals surface area contributed by atoms with Crippen molar-refractivity contribution in [2.24, 2.45) is 0 Å². The van der Waals surface area contributed by atoms with Crippen molar-refractivity contribution in [3.05, 3.63) is 64.6 Å². The first-order valence-electron chi connectivity index (χ1n) is 6.34. The van der Waals surface area contributed by atoms with Crippen LogP contribution in [0.3, 0.4) is 0 Å². The highest BCUT2D eigenvalue weighted by atomic mass is 35.5. The molecule has 5 nitrogen and oxygen atoms in total. The summed E-state index contributed by atoms with van der Waals surface area (Å²) in [6, 6.07) is 10.9. The standard InChI is InChI=1S/C15H12ClN3O2/c1-21-15(20)11-6-7-19-13(17-18-14(19)9-11)8-10-4-2-3-5-12(10)16/h2-7,9H,8H2,1H3. The van der Waals surface area contributed by atoms with Gasteiger partial charge in [0.15, 0.2) is 5.65 Å². The summed E-state index contributed by atoms with van der Waals surface area (Å²) in [7, 11) is 1.35. The molecule has 0 atom stereocenters. The molecular weight excluding hydrogens is 290 g/mol. The lowest BCUT2D eigenvalue weighted by atomic mass is 10.1. The molecule has 3 aromatic rings. The lowest BCUT2D eigenvalue weighted by molar-refractivity contribution is 0.0600. The number of carbonyl (C=O) groups excluding carboxylic acids is 1. The summed E-state index contributed by atoms with van der Waals surface area (Å²) in [5.74, 6) is 0.364. The molecule has 0 unspecified atom stereocenters. The fourth-order valence-corrected chi connectivity index (χ4v) is 2.32. The number of hydrogen-bond donors (Lipinski definition) is 0. The Hall–Kier alpha value is -2.40. The number of esters is 1. The Labute approximate surface area is 126 Å². The second kappa shape index (κ2) is 5.54. The van der Waals surface area contributed by atoms with E-state index in [0.717, 1.165) is 11.4 Å². The monoisotopic (exact) mass is 301 g/mol. The van der Waals surface area contributed by atoms with E-state index in [-0.39, 0.29) is 0 Å². The third-order valence-electron chi connectivity index (χ3n) is 3.21. The summed E-state index contributed by atoms with van der Waals surface area (Å²) in [5, 5.41) is 8.94. The molecule has 0 saturated carbocycles. The minimum absolute atomic E-state index is 0.395. The van der Waals surface area contributed by atoms with Crippen LogP contribution in [0.2, 0.25) is 5.02 Å². The zero-order valence-corrected chi connectivity index (χ0v) is 12.0. The van der Waals surface area contributed by atoms with Crippen LogP contribution in [-0.4, -0.2) is 27.7 Å². The van der Waals surface area contributed by atoms with E-state index < -0.39 is 5.97 Å². The minimum atomic E-state index is -0.395. The highest BCUT2D eigenvalue weighted by Gasteiger charge is 2.11. The number of ether oxygens (including phenoxy) is 1. The normalized spacial score (nSPS) is 10.8. The van der Waals surface area contributed by atoms with Gasteiger partial charge in [0.25, 0.3) is 0 Å². The molecule has 0 spiro atoms. The maximum absolute atomic E-state index is 11.5. The van der Waals surface area contributed by atoms with Gasteiger partial charge in [0, 0.05) is 17.6 Å². The molecule has 2 aromatic heterocycles. The average molecular weight is 302 g/mol. The molecule has 2 heterocycles. The predicted molar refractivity (Wildman–Crippen MR) is 78.6 cm³/mol. The first-order valence-corrected chi connectivity index (χ1v) is 6.72. The summed E-state index contributed by atoms with van der Waals surface area (Å²) in [5.41, 5.74) is 2.02. The van der Waals surface area contributed by atoms with Gasteiger partial charge in [-0.25, -0.2) is 4.79 Å². The van der Waals surface area contributed by atoms with Crippen molar-refractivity contribution in [2.45, 2.75) is 6.42 Å². The molecule has 106 valence electrons. The number of rotatable bonds is 3. The molecule has 21 heavy (non-hydrogen) atoms. The Bertz CT molecular complexity index is 814. The third kappa shape index (κ3) is 2.60. The molecule has 0 aliphatic rings. The fraction of sp³-hybridized carbons (Fsp3) is 0.133. The summed E-state index contributed by atoms with van der Waals surface area (Å²) < 4.78 is 6.52. The topological polar surface area (TPSA) is 56.5 Å². The van der Waals surface area contributed by atoms with Crippen LogP contribution in [-0.2, 0) is 11.2 Å². The van der Waals surface area contributed by atoms with Crippen LogP contribution in [0.5, 0.6) is 0 Å². The number of fused-ring (bicyclic) bond motifs is 1. The summed E-state index contributed by atoms with van der Waals surface area (Å²) in [6.45, 7) is 0. The van der Waals surface area contributed by atoms with E-state index in [1.807, 2.05) is 28.7 Å². The van der Waals surface area contributed by atoms with E-state index in [2.05, 4.69) is 14.9 Å². The molecule has 6 heteroatoms. The number of carbonyl (C=O) groups is 1. The molecule has 3 rings (SSSR count). The molecule has 1 aromatic carbocycles. The van der Waals surface area contributed by atoms with Crippen LogP contribution in [0, 0.1) is 0 Å². The van der Waals surface area contributed by atoms with Crippen molar-refractivity contribution >= 4 is 23.2 Å². The largest absolute Gasteiger partial charge is 0.465 e. The quantitative estimate of drug-likeness (QED) is 0.698. The predicted octanol–water partition coefficient (Wildman–Crippen LogP) is 2.76. The van der Waals surface area contributed by atoms with Gasteiger partial charge >= 0.3 is 5.97 Å². The van der Waals surface area contributed by atoms with Crippen molar-refractivity contribution in [2.75, 3.05) is 7.11 Å². The van der Waals surface area contributed by atoms with E-state index in [9.17, 15) is 4.79 Å². The number of hydrogen-bond acceptors (Lipinski definition) is 4. The highest BCUT2D eigenvalue weighted by molar-refractivity contribution is 6.31. The minimum Gasteiger partial charge on any atom is -0.465 e. The zero-order chi connectivity index (χ0) is 14.8. The first kappa shape index (κ1) is 13.6. The first-order chi connectivity index (χ1) is 10.2. The molecule has 0 amide bonds. The number of halogens is 1. The maximum Gasteiger partial charge on any atom is 0.338 e. The van der Waals surface area contributed by atoms with Crippen molar-refractivity contribution in [3.63, 3.8) is 0 Å². The van der Waals surface area contributed by atoms with Gasteiger partial charge in [0.2, 0.25) is 0 Å². The number of aromatic nitrogens is 3. The zero-order valence-electron chi connectivity index (χ0n) is 11.3. The Morgan fingerprint density at radius 3 is 2.86 bits per heavy atom. The van der Waals surface area contributed by atoms with Crippen LogP contribution in [0.4, 0.5) is 0 Å². The fourth-order valence-electron chi connectivity index (χ4n) is 2.12. The van der Waals surface area contributed by atoms with Gasteiger partial charge in [-0.2, -0.15) is 0 Å². The number of pyridine rings is 1. The Kier molecular flexibility index (Phi) is 3.58. The maximum atomic E-state index is 11.5. The smallest absolute Gasteiger partial charge is 0.338 e. The van der Waals surface area contributed by atoms with Crippen molar-refractivity contribution in [1.82, 2.24) is 14.6 Å². The molecular formula is C15H12ClN3O2. The highest BCUT2D eigenvalue weighted by Crippen LogP contribution is 2.19. The van der Waals surface area contributed by atoms with Crippen LogP contribution in [0.15, 0.2) is 42.6 Å². The summed E-state index contributed by atoms with van der Waals surface area (Å²) in [4.78, 5) is 11.5. The van der Waals surface area contributed by atoms with Crippen molar-refractivity contribution in [3.8, 4) is 0 Å². The van der Waals surface area contributed by atoms with Crippen LogP contribution in [0.25, 0.3) is 5.65 Å². The lowest BCUT2D eigenvalue weighted by Gasteiger charge is -2.04. The SMILES string of the molecule is COC(=O)c1ccn2c(Cc3ccccc3Cl)nnc2c1. The number of benzene rings is 1. The molecule has 0 N–H and O–H groups in total. The van der Waals surface area contributed by atoms with Gasteiger partial charge in [-0.15, -0.1) is 10.2 Å². The van der Waals surface area contributed by atoms with Crippen LogP contribution >= 0.6 is 11.6 Å². The van der Waals surface area contributed by atoms with E-state index in [0.29, 0.717) is 22.7 Å². The number of methoxy groups -OCH3 is 1. The lowest BCUT2D eigenvalue weighted by Crippen LogP contribution is -2.03.